The Kier molecular flexibility index (Phi) is 4.52. The SMILES string of the molecule is Cc1ccc(Cl)cc1N1CCN(c2cc(C3CC(N)C3)ncn2)CC1. The minimum atomic E-state index is 0.341. The zero-order valence-corrected chi connectivity index (χ0v) is 15.3. The van der Waals surface area contributed by atoms with E-state index in [1.165, 1.54) is 11.3 Å². The summed E-state index contributed by atoms with van der Waals surface area (Å²) >= 11 is 6.17. The second-order valence-corrected chi connectivity index (χ2v) is 7.57. The van der Waals surface area contributed by atoms with Gasteiger partial charge in [0.15, 0.2) is 0 Å². The molecule has 0 radical (unpaired) electrons. The van der Waals surface area contributed by atoms with E-state index in [9.17, 15) is 0 Å². The highest BCUT2D eigenvalue weighted by Gasteiger charge is 2.29. The predicted octanol–water partition coefficient (Wildman–Crippen LogP) is 2.97. The maximum absolute atomic E-state index is 6.17. The lowest BCUT2D eigenvalue weighted by molar-refractivity contribution is 0.345. The number of rotatable bonds is 3. The number of hydrogen-bond acceptors (Lipinski definition) is 5. The minimum Gasteiger partial charge on any atom is -0.368 e. The number of nitrogens with two attached hydrogens (primary N) is 1. The Morgan fingerprint density at radius 3 is 2.48 bits per heavy atom. The van der Waals surface area contributed by atoms with Gasteiger partial charge < -0.3 is 15.5 Å². The lowest BCUT2D eigenvalue weighted by Gasteiger charge is -2.38. The molecule has 1 aromatic carbocycles. The standard InChI is InChI=1S/C19H24ClN5/c1-13-2-3-15(20)10-18(13)24-4-6-25(7-5-24)19-11-17(22-12-23-19)14-8-16(21)9-14/h2-3,10-12,14,16H,4-9,21H2,1H3. The average Bonchev–Trinajstić information content (AvgIpc) is 2.61. The monoisotopic (exact) mass is 357 g/mol. The summed E-state index contributed by atoms with van der Waals surface area (Å²) in [6.45, 7) is 5.97. The maximum atomic E-state index is 6.17. The molecule has 0 atom stereocenters. The van der Waals surface area contributed by atoms with Crippen molar-refractivity contribution in [3.05, 3.63) is 46.9 Å². The van der Waals surface area contributed by atoms with E-state index < -0.39 is 0 Å². The summed E-state index contributed by atoms with van der Waals surface area (Å²) in [6, 6.07) is 8.59. The first-order valence-corrected chi connectivity index (χ1v) is 9.31. The molecule has 5 nitrogen and oxygen atoms in total. The van der Waals surface area contributed by atoms with Gasteiger partial charge >= 0.3 is 0 Å². The third kappa shape index (κ3) is 3.44. The summed E-state index contributed by atoms with van der Waals surface area (Å²) in [5.41, 5.74) is 9.55. The lowest BCUT2D eigenvalue weighted by Crippen LogP contribution is -2.47. The van der Waals surface area contributed by atoms with Gasteiger partial charge in [0.1, 0.15) is 12.1 Å². The Morgan fingerprint density at radius 1 is 1.04 bits per heavy atom. The number of aromatic nitrogens is 2. The van der Waals surface area contributed by atoms with E-state index in [0.29, 0.717) is 12.0 Å². The van der Waals surface area contributed by atoms with Crippen LogP contribution in [0.5, 0.6) is 0 Å². The van der Waals surface area contributed by atoms with E-state index in [0.717, 1.165) is 55.6 Å². The van der Waals surface area contributed by atoms with Crippen LogP contribution < -0.4 is 15.5 Å². The maximum Gasteiger partial charge on any atom is 0.132 e. The van der Waals surface area contributed by atoms with E-state index in [2.05, 4.69) is 44.9 Å². The van der Waals surface area contributed by atoms with Crippen molar-refractivity contribution in [1.29, 1.82) is 0 Å². The molecule has 1 aliphatic heterocycles. The fraction of sp³-hybridized carbons (Fsp3) is 0.474. The van der Waals surface area contributed by atoms with Gasteiger partial charge in [-0.15, -0.1) is 0 Å². The van der Waals surface area contributed by atoms with Crippen LogP contribution in [0.15, 0.2) is 30.6 Å². The first-order chi connectivity index (χ1) is 12.1. The van der Waals surface area contributed by atoms with Crippen molar-refractivity contribution in [1.82, 2.24) is 9.97 Å². The Balaban J connectivity index is 1.43. The van der Waals surface area contributed by atoms with Crippen LogP contribution >= 0.6 is 11.6 Å². The molecule has 25 heavy (non-hydrogen) atoms. The molecule has 0 spiro atoms. The summed E-state index contributed by atoms with van der Waals surface area (Å²) in [4.78, 5) is 13.7. The van der Waals surface area contributed by atoms with E-state index >= 15 is 0 Å². The highest BCUT2D eigenvalue weighted by Crippen LogP contribution is 2.35. The molecule has 1 saturated heterocycles. The van der Waals surface area contributed by atoms with Crippen molar-refractivity contribution in [2.75, 3.05) is 36.0 Å². The highest BCUT2D eigenvalue weighted by atomic mass is 35.5. The van der Waals surface area contributed by atoms with Crippen LogP contribution in [-0.2, 0) is 0 Å². The van der Waals surface area contributed by atoms with Crippen molar-refractivity contribution >= 4 is 23.1 Å². The van der Waals surface area contributed by atoms with Gasteiger partial charge in [0.05, 0.1) is 0 Å². The van der Waals surface area contributed by atoms with Crippen molar-refractivity contribution < 1.29 is 0 Å². The molecule has 2 fully saturated rings. The van der Waals surface area contributed by atoms with Crippen LogP contribution in [-0.4, -0.2) is 42.2 Å². The molecule has 0 bridgehead atoms. The van der Waals surface area contributed by atoms with E-state index in [1.54, 1.807) is 6.33 Å². The number of anilines is 2. The molecule has 2 aromatic rings. The predicted molar refractivity (Wildman–Crippen MR) is 103 cm³/mol. The largest absolute Gasteiger partial charge is 0.368 e. The van der Waals surface area contributed by atoms with E-state index in [1.807, 2.05) is 6.07 Å². The number of nitrogens with zero attached hydrogens (tertiary/aromatic N) is 4. The summed E-state index contributed by atoms with van der Waals surface area (Å²) < 4.78 is 0. The van der Waals surface area contributed by atoms with Gasteiger partial charge in [-0.3, -0.25) is 0 Å². The fourth-order valence-electron chi connectivity index (χ4n) is 3.76. The molecule has 2 aliphatic rings. The van der Waals surface area contributed by atoms with Gasteiger partial charge in [-0.1, -0.05) is 17.7 Å². The van der Waals surface area contributed by atoms with Gasteiger partial charge in [0, 0.05) is 60.6 Å². The smallest absolute Gasteiger partial charge is 0.132 e. The molecule has 0 unspecified atom stereocenters. The molecule has 132 valence electrons. The number of piperazine rings is 1. The van der Waals surface area contributed by atoms with Crippen molar-refractivity contribution in [2.45, 2.75) is 31.7 Å². The first-order valence-electron chi connectivity index (χ1n) is 8.94. The zero-order valence-electron chi connectivity index (χ0n) is 14.5. The Bertz CT molecular complexity index is 751. The van der Waals surface area contributed by atoms with Crippen LogP contribution in [0.4, 0.5) is 11.5 Å². The van der Waals surface area contributed by atoms with E-state index in [-0.39, 0.29) is 0 Å². The topological polar surface area (TPSA) is 58.3 Å². The van der Waals surface area contributed by atoms with E-state index in [4.69, 9.17) is 17.3 Å². The minimum absolute atomic E-state index is 0.341. The summed E-state index contributed by atoms with van der Waals surface area (Å²) in [5, 5.41) is 0.794. The number of aryl methyl sites for hydroxylation is 1. The molecule has 2 heterocycles. The molecule has 1 aliphatic carbocycles. The van der Waals surface area contributed by atoms with Crippen molar-refractivity contribution in [2.24, 2.45) is 5.73 Å². The van der Waals surface area contributed by atoms with Crippen LogP contribution in [0, 0.1) is 6.92 Å². The van der Waals surface area contributed by atoms with Crippen LogP contribution in [0.25, 0.3) is 0 Å². The van der Waals surface area contributed by atoms with Crippen molar-refractivity contribution in [3.8, 4) is 0 Å². The molecule has 0 amide bonds. The Hall–Kier alpha value is -1.85. The molecule has 4 rings (SSSR count). The molecule has 6 heteroatoms. The zero-order chi connectivity index (χ0) is 17.4. The lowest BCUT2D eigenvalue weighted by atomic mass is 9.78. The molecule has 1 saturated carbocycles. The number of benzene rings is 1. The Labute approximate surface area is 153 Å². The summed E-state index contributed by atoms with van der Waals surface area (Å²) in [5.74, 6) is 1.54. The first kappa shape index (κ1) is 16.6. The molecular formula is C19H24ClN5. The van der Waals surface area contributed by atoms with Crippen LogP contribution in [0.2, 0.25) is 5.02 Å². The third-order valence-electron chi connectivity index (χ3n) is 5.38. The van der Waals surface area contributed by atoms with Gasteiger partial charge in [-0.25, -0.2) is 9.97 Å². The van der Waals surface area contributed by atoms with Crippen LogP contribution in [0.3, 0.4) is 0 Å². The summed E-state index contributed by atoms with van der Waals surface area (Å²) in [7, 11) is 0. The number of halogens is 1. The third-order valence-corrected chi connectivity index (χ3v) is 5.62. The summed E-state index contributed by atoms with van der Waals surface area (Å²) in [6.07, 6.45) is 3.78. The van der Waals surface area contributed by atoms with Gasteiger partial charge in [-0.05, 0) is 37.5 Å². The van der Waals surface area contributed by atoms with Gasteiger partial charge in [0.25, 0.3) is 0 Å². The highest BCUT2D eigenvalue weighted by molar-refractivity contribution is 6.30. The molecule has 1 aromatic heterocycles. The van der Waals surface area contributed by atoms with Gasteiger partial charge in [0.2, 0.25) is 0 Å². The number of hydrogen-bond donors (Lipinski definition) is 1. The molecular weight excluding hydrogens is 334 g/mol. The Morgan fingerprint density at radius 2 is 1.76 bits per heavy atom. The quantitative estimate of drug-likeness (QED) is 0.915. The normalized spacial score (nSPS) is 23.5. The van der Waals surface area contributed by atoms with Crippen LogP contribution in [0.1, 0.15) is 30.0 Å². The fourth-order valence-corrected chi connectivity index (χ4v) is 3.93. The molecule has 2 N–H and O–H groups in total. The second kappa shape index (κ2) is 6.81. The van der Waals surface area contributed by atoms with Gasteiger partial charge in [-0.2, -0.15) is 0 Å². The average molecular weight is 358 g/mol. The second-order valence-electron chi connectivity index (χ2n) is 7.13. The van der Waals surface area contributed by atoms with Crippen molar-refractivity contribution in [3.63, 3.8) is 0 Å².